The van der Waals surface area contributed by atoms with Gasteiger partial charge in [-0.1, -0.05) is 0 Å². The molecular weight excluding hydrogens is 236 g/mol. The van der Waals surface area contributed by atoms with Gasteiger partial charge >= 0.3 is 0 Å². The third kappa shape index (κ3) is 2.50. The maximum absolute atomic E-state index is 10.1. The van der Waals surface area contributed by atoms with Crippen LogP contribution in [0.15, 0.2) is 46.0 Å². The molecule has 0 bridgehead atoms. The maximum Gasteiger partial charge on any atom is 0.247 e. The number of nitrogen functional groups attached to an aromatic ring is 1. The Morgan fingerprint density at radius 3 is 2.59 bits per heavy atom. The van der Waals surface area contributed by atoms with E-state index in [9.17, 15) is 4.79 Å². The van der Waals surface area contributed by atoms with Gasteiger partial charge in [0.25, 0.3) is 0 Å². The average molecular weight is 244 g/mol. The van der Waals surface area contributed by atoms with Crippen LogP contribution < -0.4 is 5.73 Å². The van der Waals surface area contributed by atoms with Crippen molar-refractivity contribution in [3.8, 4) is 11.4 Å². The molecular formula is C11H8N4OS. The molecule has 0 aliphatic carbocycles. The van der Waals surface area contributed by atoms with Crippen molar-refractivity contribution in [1.29, 1.82) is 0 Å². The van der Waals surface area contributed by atoms with Gasteiger partial charge in [0.1, 0.15) is 11.4 Å². The summed E-state index contributed by atoms with van der Waals surface area (Å²) >= 11 is 0.994. The standard InChI is InChI=1S/C11H8N4OS/c12-8-3-1-5-13-10(8)11-9(17-15-7-16)4-2-6-14-11/h1-6H,12H2. The fourth-order valence-corrected chi connectivity index (χ4v) is 1.84. The van der Waals surface area contributed by atoms with Crippen molar-refractivity contribution in [3.63, 3.8) is 0 Å². The molecule has 0 fully saturated rings. The number of rotatable bonds is 3. The monoisotopic (exact) mass is 244 g/mol. The summed E-state index contributed by atoms with van der Waals surface area (Å²) in [4.78, 5) is 19.2. The molecule has 2 rings (SSSR count). The van der Waals surface area contributed by atoms with E-state index in [0.717, 1.165) is 11.9 Å². The van der Waals surface area contributed by atoms with Gasteiger partial charge < -0.3 is 5.73 Å². The first-order valence-corrected chi connectivity index (χ1v) is 5.50. The summed E-state index contributed by atoms with van der Waals surface area (Å²) in [6.07, 6.45) is 4.74. The zero-order valence-corrected chi connectivity index (χ0v) is 9.52. The van der Waals surface area contributed by atoms with Gasteiger partial charge in [0, 0.05) is 24.3 Å². The van der Waals surface area contributed by atoms with Crippen LogP contribution in [0.5, 0.6) is 0 Å². The molecule has 0 saturated heterocycles. The highest BCUT2D eigenvalue weighted by molar-refractivity contribution is 7.98. The third-order valence-corrected chi connectivity index (χ3v) is 2.71. The summed E-state index contributed by atoms with van der Waals surface area (Å²) in [5.74, 6) is 0. The molecule has 17 heavy (non-hydrogen) atoms. The lowest BCUT2D eigenvalue weighted by atomic mass is 10.2. The lowest BCUT2D eigenvalue weighted by Crippen LogP contribution is -1.95. The van der Waals surface area contributed by atoms with Crippen LogP contribution in [0.4, 0.5) is 5.69 Å². The van der Waals surface area contributed by atoms with Crippen LogP contribution in [0.1, 0.15) is 0 Å². The van der Waals surface area contributed by atoms with E-state index in [1.165, 1.54) is 6.08 Å². The summed E-state index contributed by atoms with van der Waals surface area (Å²) in [5, 5.41) is 0. The summed E-state index contributed by atoms with van der Waals surface area (Å²) in [6, 6.07) is 7.04. The summed E-state index contributed by atoms with van der Waals surface area (Å²) < 4.78 is 3.46. The summed E-state index contributed by atoms with van der Waals surface area (Å²) in [7, 11) is 0. The number of aromatic nitrogens is 2. The van der Waals surface area contributed by atoms with E-state index in [4.69, 9.17) is 5.73 Å². The fourth-order valence-electron chi connectivity index (χ4n) is 1.33. The molecule has 0 aliphatic heterocycles. The normalized spacial score (nSPS) is 9.65. The second kappa shape index (κ2) is 5.25. The molecule has 2 N–H and O–H groups in total. The number of nitrogens with two attached hydrogens (primary N) is 1. The Hall–Kier alpha value is -2.17. The zero-order chi connectivity index (χ0) is 12.1. The molecule has 2 heterocycles. The van der Waals surface area contributed by atoms with Crippen LogP contribution in [0.2, 0.25) is 0 Å². The summed E-state index contributed by atoms with van der Waals surface area (Å²) in [6.45, 7) is 0. The second-order valence-corrected chi connectivity index (χ2v) is 3.87. The highest BCUT2D eigenvalue weighted by Gasteiger charge is 2.10. The van der Waals surface area contributed by atoms with Crippen LogP contribution in [0.3, 0.4) is 0 Å². The van der Waals surface area contributed by atoms with Crippen molar-refractivity contribution >= 4 is 23.7 Å². The van der Waals surface area contributed by atoms with Gasteiger partial charge in [0.15, 0.2) is 0 Å². The number of isocyanates is 1. The number of pyridine rings is 2. The zero-order valence-electron chi connectivity index (χ0n) is 8.70. The Bertz CT molecular complexity index is 581. The minimum atomic E-state index is 0.531. The average Bonchev–Trinajstić information content (AvgIpc) is 2.37. The molecule has 2 aromatic heterocycles. The van der Waals surface area contributed by atoms with Gasteiger partial charge in [-0.2, -0.15) is 0 Å². The second-order valence-electron chi connectivity index (χ2n) is 3.07. The molecule has 0 saturated carbocycles. The minimum absolute atomic E-state index is 0.531. The molecule has 0 aromatic carbocycles. The molecule has 0 amide bonds. The van der Waals surface area contributed by atoms with Gasteiger partial charge in [0.2, 0.25) is 6.08 Å². The largest absolute Gasteiger partial charge is 0.397 e. The maximum atomic E-state index is 10.1. The first kappa shape index (κ1) is 11.3. The van der Waals surface area contributed by atoms with Crippen LogP contribution >= 0.6 is 11.9 Å². The number of anilines is 1. The molecule has 84 valence electrons. The van der Waals surface area contributed by atoms with E-state index in [0.29, 0.717) is 22.0 Å². The van der Waals surface area contributed by atoms with Gasteiger partial charge in [-0.3, -0.25) is 9.97 Å². The topological polar surface area (TPSA) is 81.2 Å². The van der Waals surface area contributed by atoms with E-state index < -0.39 is 0 Å². The van der Waals surface area contributed by atoms with E-state index in [2.05, 4.69) is 14.4 Å². The van der Waals surface area contributed by atoms with Crippen molar-refractivity contribution in [2.75, 3.05) is 5.73 Å². The first-order valence-electron chi connectivity index (χ1n) is 4.73. The van der Waals surface area contributed by atoms with Crippen LogP contribution in [-0.4, -0.2) is 16.0 Å². The lowest BCUT2D eigenvalue weighted by Gasteiger charge is -2.06. The smallest absolute Gasteiger partial charge is 0.247 e. The SMILES string of the molecule is Nc1cccnc1-c1ncccc1SN=C=O. The number of hydrogen-bond acceptors (Lipinski definition) is 6. The molecule has 0 atom stereocenters. The predicted molar refractivity (Wildman–Crippen MR) is 65.9 cm³/mol. The quantitative estimate of drug-likeness (QED) is 0.507. The predicted octanol–water partition coefficient (Wildman–Crippen LogP) is 2.07. The third-order valence-electron chi connectivity index (χ3n) is 2.02. The number of carbonyl (C=O) groups excluding carboxylic acids is 1. The summed E-state index contributed by atoms with van der Waals surface area (Å²) in [5.41, 5.74) is 7.55. The van der Waals surface area contributed by atoms with Crippen LogP contribution in [-0.2, 0) is 4.79 Å². The van der Waals surface area contributed by atoms with E-state index in [-0.39, 0.29) is 0 Å². The number of hydrogen-bond donors (Lipinski definition) is 1. The molecule has 5 nitrogen and oxygen atoms in total. The van der Waals surface area contributed by atoms with Crippen molar-refractivity contribution in [2.24, 2.45) is 4.40 Å². The molecule has 0 aliphatic rings. The van der Waals surface area contributed by atoms with E-state index in [1.54, 1.807) is 36.7 Å². The minimum Gasteiger partial charge on any atom is -0.397 e. The number of nitrogens with zero attached hydrogens (tertiary/aromatic N) is 3. The van der Waals surface area contributed by atoms with Crippen molar-refractivity contribution in [1.82, 2.24) is 9.97 Å². The van der Waals surface area contributed by atoms with Gasteiger partial charge in [-0.25, -0.2) is 4.79 Å². The van der Waals surface area contributed by atoms with Gasteiger partial charge in [-0.15, -0.1) is 4.40 Å². The van der Waals surface area contributed by atoms with Crippen molar-refractivity contribution in [2.45, 2.75) is 4.90 Å². The first-order chi connectivity index (χ1) is 8.33. The Morgan fingerprint density at radius 2 is 1.88 bits per heavy atom. The van der Waals surface area contributed by atoms with Gasteiger partial charge in [0.05, 0.1) is 10.6 Å². The van der Waals surface area contributed by atoms with Crippen LogP contribution in [0, 0.1) is 0 Å². The Morgan fingerprint density at radius 1 is 1.18 bits per heavy atom. The van der Waals surface area contributed by atoms with Crippen molar-refractivity contribution in [3.05, 3.63) is 36.7 Å². The molecule has 0 spiro atoms. The highest BCUT2D eigenvalue weighted by atomic mass is 32.2. The van der Waals surface area contributed by atoms with Gasteiger partial charge in [-0.05, 0) is 24.3 Å². The molecule has 2 aromatic rings. The van der Waals surface area contributed by atoms with E-state index in [1.807, 2.05) is 0 Å². The Balaban J connectivity index is 2.51. The fraction of sp³-hybridized carbons (Fsp3) is 0. The Kier molecular flexibility index (Phi) is 3.49. The molecule has 0 radical (unpaired) electrons. The van der Waals surface area contributed by atoms with Crippen molar-refractivity contribution < 1.29 is 4.79 Å². The van der Waals surface area contributed by atoms with E-state index >= 15 is 0 Å². The molecule has 6 heteroatoms. The Labute approximate surface area is 102 Å². The van der Waals surface area contributed by atoms with Crippen LogP contribution in [0.25, 0.3) is 11.4 Å². The lowest BCUT2D eigenvalue weighted by molar-refractivity contribution is 0.566. The molecule has 0 unspecified atom stereocenters. The highest BCUT2D eigenvalue weighted by Crippen LogP contribution is 2.31.